The summed E-state index contributed by atoms with van der Waals surface area (Å²) in [5.74, 6) is -2.02. The van der Waals surface area contributed by atoms with Gasteiger partial charge in [-0.05, 0) is 146 Å². The van der Waals surface area contributed by atoms with Crippen LogP contribution in [-0.4, -0.2) is 194 Å². The normalized spacial score (nSPS) is 20.7. The fourth-order valence-electron chi connectivity index (χ4n) is 14.1. The number of hydroxylamine groups is 2. The molecule has 4 saturated heterocycles. The molecule has 9 atom stereocenters. The Morgan fingerprint density at radius 2 is 0.826 bits per heavy atom. The molecule has 0 aliphatic carbocycles. The molecule has 0 aromatic heterocycles. The number of esters is 1. The van der Waals surface area contributed by atoms with Crippen LogP contribution in [0.3, 0.4) is 0 Å². The molecule has 37 heteroatoms. The Morgan fingerprint density at radius 1 is 0.478 bits per heavy atom. The van der Waals surface area contributed by atoms with E-state index < -0.39 is 41.8 Å². The monoisotopic (exact) mass is 1670 g/mol. The molecular formula is C78H115F3N16O15S3. The molecule has 0 radical (unpaired) electrons. The SMILES string of the molecule is CCOC(=O)c1cc(NC(=O)CCCCCN)cc(NC(=O)CCCCCN)c1.NC1=N[C@H]2[C@H](CS[C@H]2CCCCC(=O)CCCCCCC(=O)Nc2cc(NC(=O)CCCCCCC(=O)CCCC[C@@H]3SC[C@@H]4NC(N)=N[C@@H]43)cc(C(=O)O)c2)N1.O=C(CCCC[C@@H]1SC[C@@H]2NC(NC(=O)C(F)(F)F)=N[C@@H]21)ON1C(=O)CCC1=O. The van der Waals surface area contributed by atoms with Gasteiger partial charge in [0.1, 0.15) is 11.6 Å². The highest BCUT2D eigenvalue weighted by molar-refractivity contribution is 8.00. The van der Waals surface area contributed by atoms with Crippen LogP contribution in [0.2, 0.25) is 0 Å². The highest BCUT2D eigenvalue weighted by Crippen LogP contribution is 2.38. The predicted molar refractivity (Wildman–Crippen MR) is 439 cm³/mol. The maximum atomic E-state index is 12.7. The zero-order valence-electron chi connectivity index (χ0n) is 65.6. The van der Waals surface area contributed by atoms with Gasteiger partial charge in [0.2, 0.25) is 23.6 Å². The molecule has 2 aromatic rings. The number of imide groups is 1. The molecule has 31 nitrogen and oxygen atoms in total. The molecule has 115 heavy (non-hydrogen) atoms. The number of Topliss-reactive ketones (excluding diaryl/α,β-unsaturated/α-hetero) is 2. The number of ether oxygens (including phenoxy) is 1. The van der Waals surface area contributed by atoms with Crippen molar-refractivity contribution in [1.82, 2.24) is 26.3 Å². The smallest absolute Gasteiger partial charge is 0.471 e. The summed E-state index contributed by atoms with van der Waals surface area (Å²) in [5, 5.41) is 33.2. The number of carbonyl (C=O) groups is 12. The van der Waals surface area contributed by atoms with E-state index >= 15 is 0 Å². The van der Waals surface area contributed by atoms with Gasteiger partial charge in [-0.3, -0.25) is 48.5 Å². The van der Waals surface area contributed by atoms with Crippen LogP contribution in [0.5, 0.6) is 0 Å². The molecule has 0 spiro atoms. The number of anilines is 4. The lowest BCUT2D eigenvalue weighted by Gasteiger charge is -2.15. The Hall–Kier alpha value is -8.55. The number of halogens is 3. The number of nitrogens with one attached hydrogen (secondary N) is 8. The zero-order chi connectivity index (χ0) is 83.2. The second-order valence-corrected chi connectivity index (χ2v) is 33.3. The minimum Gasteiger partial charge on any atom is -0.478 e. The lowest BCUT2D eigenvalue weighted by atomic mass is 10.0. The van der Waals surface area contributed by atoms with Gasteiger partial charge in [-0.15, -0.1) is 5.06 Å². The first-order valence-electron chi connectivity index (χ1n) is 40.4. The van der Waals surface area contributed by atoms with Crippen LogP contribution in [0.1, 0.15) is 246 Å². The molecule has 17 N–H and O–H groups in total. The van der Waals surface area contributed by atoms with Crippen LogP contribution < -0.4 is 65.5 Å². The summed E-state index contributed by atoms with van der Waals surface area (Å²) >= 11 is 5.52. The van der Waals surface area contributed by atoms with Crippen LogP contribution >= 0.6 is 35.3 Å². The number of carboxylic acids is 1. The number of rotatable bonds is 47. The highest BCUT2D eigenvalue weighted by atomic mass is 32.2. The number of unbranched alkanes of at least 4 members (excludes halogenated alkanes) is 13. The van der Waals surface area contributed by atoms with Crippen molar-refractivity contribution in [3.05, 3.63) is 47.5 Å². The van der Waals surface area contributed by atoms with Gasteiger partial charge in [-0.25, -0.2) is 29.4 Å². The molecule has 4 fully saturated rings. The fourth-order valence-corrected chi connectivity index (χ4v) is 18.7. The number of nitrogens with zero attached hydrogens (tertiary/aromatic N) is 4. The third kappa shape index (κ3) is 33.5. The number of benzene rings is 2. The van der Waals surface area contributed by atoms with E-state index in [-0.39, 0.29) is 120 Å². The summed E-state index contributed by atoms with van der Waals surface area (Å²) < 4.78 is 42.0. The van der Waals surface area contributed by atoms with Crippen LogP contribution in [-0.2, 0) is 57.5 Å². The number of alkyl halides is 3. The molecule has 7 heterocycles. The summed E-state index contributed by atoms with van der Waals surface area (Å²) in [5.41, 5.74) is 24.3. The van der Waals surface area contributed by atoms with E-state index in [9.17, 15) is 75.8 Å². The minimum atomic E-state index is -4.98. The molecule has 0 unspecified atom stereocenters. The maximum Gasteiger partial charge on any atom is 0.471 e. The number of thioether (sulfide) groups is 3. The van der Waals surface area contributed by atoms with E-state index in [0.29, 0.717) is 152 Å². The number of carboxylic acid groups (broad SMARTS) is 1. The number of aliphatic imine (C=N–C) groups is 3. The standard InChI is InChI=1S/C41H62N8O6S2.C21H34N4O4.C16H19F3N4O5S/c42-40-46-31-24-56-33(37(31)48-40)17-11-9-15-29(50)13-5-1-3-7-19-35(52)44-27-21-26(39(54)55)22-28(23-27)45-36(53)20-8-4-2-6-14-30(51)16-10-12-18-34-38-32(25-57-34)47-41(43)49-38;1-2-29-21(28)16-13-17(24-19(26)9-5-3-7-11-22)15-18(14-16)25-20(27)10-6-4-8-12-23;17-16(18,19)14(27)22-15-20-8-7-29-9(13(8)21-15)3-1-2-4-12(26)28-23-10(24)5-6-11(23)25/h21-23,31-34,37-38H,1-20,24-25H2,(H,44,52)(H,45,53)(H,54,55)(H3,42,46,48)(H3,43,47,49);13-15H,2-12,22-23H2,1H3,(H,24,26)(H,25,27);8-9,13H,1-7H2,(H2,20,21,22,27)/t31-,32-,33-,34-,37-,38-;;8-,9-,13-/m0.0/s1. The molecule has 7 aliphatic rings. The second-order valence-electron chi connectivity index (χ2n) is 29.5. The molecule has 9 rings (SSSR count). The van der Waals surface area contributed by atoms with E-state index in [4.69, 9.17) is 32.5 Å². The van der Waals surface area contributed by atoms with E-state index in [1.807, 2.05) is 23.5 Å². The van der Waals surface area contributed by atoms with Gasteiger partial charge >= 0.3 is 30.0 Å². The number of carbonyl (C=O) groups excluding carboxylic acids is 11. The minimum absolute atomic E-state index is 0.0353. The Morgan fingerprint density at radius 3 is 1.20 bits per heavy atom. The van der Waals surface area contributed by atoms with E-state index in [1.165, 1.54) is 12.1 Å². The molecule has 0 bridgehead atoms. The third-order valence-electron chi connectivity index (χ3n) is 20.1. The van der Waals surface area contributed by atoms with Crippen molar-refractivity contribution < 1.29 is 85.4 Å². The Labute approximate surface area is 682 Å². The molecule has 0 saturated carbocycles. The van der Waals surface area contributed by atoms with Crippen molar-refractivity contribution in [1.29, 1.82) is 0 Å². The molecular weight excluding hydrogens is 1550 g/mol. The van der Waals surface area contributed by atoms with E-state index in [0.717, 1.165) is 127 Å². The third-order valence-corrected chi connectivity index (χ3v) is 24.6. The first kappa shape index (κ1) is 93.6. The van der Waals surface area contributed by atoms with Crippen molar-refractivity contribution in [2.75, 3.05) is 58.2 Å². The molecule has 7 aliphatic heterocycles. The van der Waals surface area contributed by atoms with Crippen molar-refractivity contribution in [3.63, 3.8) is 0 Å². The fraction of sp³-hybridized carbons (Fsp3) is 0.654. The first-order chi connectivity index (χ1) is 55.2. The number of aromatic carboxylic acids is 1. The lowest BCUT2D eigenvalue weighted by Crippen LogP contribution is -2.47. The zero-order valence-corrected chi connectivity index (χ0v) is 68.0. The van der Waals surface area contributed by atoms with Gasteiger partial charge in [0.05, 0.1) is 54.0 Å². The summed E-state index contributed by atoms with van der Waals surface area (Å²) in [7, 11) is 0. The number of amides is 7. The number of hydrogen-bond donors (Lipinski definition) is 13. The number of ketones is 2. The number of hydrogen-bond acceptors (Lipinski definition) is 27. The topological polar surface area (TPSA) is 484 Å². The average Bonchev–Trinajstić information content (AvgIpc) is 1.64. The predicted octanol–water partition coefficient (Wildman–Crippen LogP) is 9.17. The van der Waals surface area contributed by atoms with Gasteiger partial charge < -0.3 is 74.8 Å². The summed E-state index contributed by atoms with van der Waals surface area (Å²) in [6.45, 7) is 3.17. The summed E-state index contributed by atoms with van der Waals surface area (Å²) in [6, 6.07) is 9.90. The van der Waals surface area contributed by atoms with Crippen LogP contribution in [0.25, 0.3) is 0 Å². The van der Waals surface area contributed by atoms with Gasteiger partial charge in [0.25, 0.3) is 11.8 Å². The van der Waals surface area contributed by atoms with Gasteiger partial charge in [0.15, 0.2) is 17.9 Å². The summed E-state index contributed by atoms with van der Waals surface area (Å²) in [6.07, 6.45) is 17.8. The van der Waals surface area contributed by atoms with Gasteiger partial charge in [-0.1, -0.05) is 57.8 Å². The van der Waals surface area contributed by atoms with Crippen molar-refractivity contribution in [2.45, 2.75) is 283 Å². The first-order valence-corrected chi connectivity index (χ1v) is 43.5. The Balaban J connectivity index is 0.000000265. The highest BCUT2D eigenvalue weighted by Gasteiger charge is 2.45. The Bertz CT molecular complexity index is 3580. The second kappa shape index (κ2) is 49.5. The quantitative estimate of drug-likeness (QED) is 0.0167. The van der Waals surface area contributed by atoms with Crippen LogP contribution in [0.4, 0.5) is 35.9 Å². The summed E-state index contributed by atoms with van der Waals surface area (Å²) in [4.78, 5) is 162. The molecule has 636 valence electrons. The van der Waals surface area contributed by atoms with Crippen molar-refractivity contribution >= 4 is 147 Å². The van der Waals surface area contributed by atoms with Gasteiger partial charge in [0, 0.05) is 126 Å². The number of fused-ring (bicyclic) bond motifs is 3. The van der Waals surface area contributed by atoms with Crippen LogP contribution in [0.15, 0.2) is 51.4 Å². The molecule has 2 aromatic carbocycles. The van der Waals surface area contributed by atoms with Gasteiger partial charge in [-0.2, -0.15) is 48.5 Å². The van der Waals surface area contributed by atoms with Crippen molar-refractivity contribution in [2.24, 2.45) is 37.9 Å². The van der Waals surface area contributed by atoms with E-state index in [2.05, 4.69) is 52.2 Å². The number of guanidine groups is 3. The van der Waals surface area contributed by atoms with Crippen molar-refractivity contribution in [3.8, 4) is 0 Å². The molecule has 7 amide bonds. The maximum absolute atomic E-state index is 12.7. The number of nitrogens with two attached hydrogens (primary N) is 4. The lowest BCUT2D eigenvalue weighted by molar-refractivity contribution is -0.197. The average molecular weight is 1670 g/mol. The Kier molecular flexibility index (Phi) is 40.3. The van der Waals surface area contributed by atoms with Crippen LogP contribution in [0, 0.1) is 0 Å². The van der Waals surface area contributed by atoms with E-state index in [1.54, 1.807) is 48.3 Å². The largest absolute Gasteiger partial charge is 0.478 e.